The fourth-order valence-electron chi connectivity index (χ4n) is 1.97. The van der Waals surface area contributed by atoms with E-state index in [0.29, 0.717) is 5.75 Å². The van der Waals surface area contributed by atoms with Crippen molar-refractivity contribution in [3.63, 3.8) is 0 Å². The summed E-state index contributed by atoms with van der Waals surface area (Å²) >= 11 is 0. The minimum absolute atomic E-state index is 0.324. The van der Waals surface area contributed by atoms with Gasteiger partial charge < -0.3 is 15.0 Å². The zero-order chi connectivity index (χ0) is 12.8. The highest BCUT2D eigenvalue weighted by atomic mass is 16.3. The number of benzene rings is 1. The Morgan fingerprint density at radius 1 is 1.22 bits per heavy atom. The number of nitrogens with zero attached hydrogens (tertiary/aromatic N) is 1. The van der Waals surface area contributed by atoms with Gasteiger partial charge in [-0.15, -0.1) is 0 Å². The van der Waals surface area contributed by atoms with E-state index in [1.165, 1.54) is 5.56 Å². The highest BCUT2D eigenvalue weighted by Crippen LogP contribution is 2.13. The molecule has 0 saturated heterocycles. The van der Waals surface area contributed by atoms with E-state index >= 15 is 0 Å². The second-order valence-corrected chi connectivity index (χ2v) is 4.54. The Labute approximate surface area is 108 Å². The van der Waals surface area contributed by atoms with Crippen LogP contribution in [0.15, 0.2) is 42.7 Å². The fraction of sp³-hybridized carbons (Fsp3) is 0.333. The standard InChI is InChI=1S/C15H20N2O/c1-2-7-16-10-14-6-8-17(12-14)11-13-4-3-5-15(18)9-13/h3-6,8-9,12,16,18H,2,7,10-11H2,1H3. The van der Waals surface area contributed by atoms with Crippen LogP contribution in [0.5, 0.6) is 5.75 Å². The van der Waals surface area contributed by atoms with Crippen LogP contribution in [0.25, 0.3) is 0 Å². The van der Waals surface area contributed by atoms with Crippen LogP contribution in [0, 0.1) is 0 Å². The maximum absolute atomic E-state index is 9.42. The van der Waals surface area contributed by atoms with Gasteiger partial charge in [0.15, 0.2) is 0 Å². The van der Waals surface area contributed by atoms with E-state index in [1.54, 1.807) is 12.1 Å². The lowest BCUT2D eigenvalue weighted by Gasteiger charge is -2.04. The van der Waals surface area contributed by atoms with Crippen molar-refractivity contribution in [1.82, 2.24) is 9.88 Å². The fourth-order valence-corrected chi connectivity index (χ4v) is 1.97. The van der Waals surface area contributed by atoms with Crippen LogP contribution in [0.3, 0.4) is 0 Å². The van der Waals surface area contributed by atoms with Crippen molar-refractivity contribution < 1.29 is 5.11 Å². The van der Waals surface area contributed by atoms with Gasteiger partial charge in [-0.3, -0.25) is 0 Å². The molecule has 2 N–H and O–H groups in total. The van der Waals surface area contributed by atoms with Crippen LogP contribution in [-0.2, 0) is 13.1 Å². The Bertz CT molecular complexity index is 491. The molecule has 96 valence electrons. The van der Waals surface area contributed by atoms with Gasteiger partial charge in [-0.25, -0.2) is 0 Å². The molecule has 3 heteroatoms. The zero-order valence-corrected chi connectivity index (χ0v) is 10.8. The van der Waals surface area contributed by atoms with Crippen LogP contribution in [0.4, 0.5) is 0 Å². The number of nitrogens with one attached hydrogen (secondary N) is 1. The second-order valence-electron chi connectivity index (χ2n) is 4.54. The lowest BCUT2D eigenvalue weighted by Crippen LogP contribution is -2.13. The van der Waals surface area contributed by atoms with E-state index in [-0.39, 0.29) is 0 Å². The highest BCUT2D eigenvalue weighted by Gasteiger charge is 1.99. The smallest absolute Gasteiger partial charge is 0.115 e. The zero-order valence-electron chi connectivity index (χ0n) is 10.8. The Morgan fingerprint density at radius 2 is 2.11 bits per heavy atom. The third-order valence-corrected chi connectivity index (χ3v) is 2.84. The van der Waals surface area contributed by atoms with E-state index in [1.807, 2.05) is 12.1 Å². The third kappa shape index (κ3) is 3.64. The van der Waals surface area contributed by atoms with Crippen LogP contribution < -0.4 is 5.32 Å². The molecular formula is C15H20N2O. The number of aromatic hydroxyl groups is 1. The molecule has 1 aromatic carbocycles. The molecule has 0 bridgehead atoms. The quantitative estimate of drug-likeness (QED) is 0.767. The summed E-state index contributed by atoms with van der Waals surface area (Å²) in [6, 6.07) is 9.52. The SMILES string of the molecule is CCCNCc1ccn(Cc2cccc(O)c2)c1. The number of hydrogen-bond donors (Lipinski definition) is 2. The molecule has 3 nitrogen and oxygen atoms in total. The molecule has 2 aromatic rings. The molecule has 2 rings (SSSR count). The summed E-state index contributed by atoms with van der Waals surface area (Å²) in [5.41, 5.74) is 2.40. The van der Waals surface area contributed by atoms with Gasteiger partial charge in [0.25, 0.3) is 0 Å². The average molecular weight is 244 g/mol. The van der Waals surface area contributed by atoms with E-state index in [4.69, 9.17) is 0 Å². The summed E-state index contributed by atoms with van der Waals surface area (Å²) in [7, 11) is 0. The summed E-state index contributed by atoms with van der Waals surface area (Å²) in [5, 5.41) is 12.8. The van der Waals surface area contributed by atoms with Gasteiger partial charge in [-0.1, -0.05) is 19.1 Å². The molecule has 0 fully saturated rings. The van der Waals surface area contributed by atoms with Crippen LogP contribution in [-0.4, -0.2) is 16.2 Å². The monoisotopic (exact) mass is 244 g/mol. The predicted octanol–water partition coefficient (Wildman–Crippen LogP) is 2.74. The Hall–Kier alpha value is -1.74. The minimum atomic E-state index is 0.324. The predicted molar refractivity (Wildman–Crippen MR) is 73.6 cm³/mol. The molecule has 0 spiro atoms. The first kappa shape index (κ1) is 12.7. The second kappa shape index (κ2) is 6.26. The molecule has 0 aliphatic carbocycles. The van der Waals surface area contributed by atoms with Crippen LogP contribution in [0.1, 0.15) is 24.5 Å². The number of rotatable bonds is 6. The molecule has 0 radical (unpaired) electrons. The van der Waals surface area contributed by atoms with E-state index < -0.39 is 0 Å². The Balaban J connectivity index is 1.94. The molecule has 0 saturated carbocycles. The van der Waals surface area contributed by atoms with E-state index in [2.05, 4.69) is 35.3 Å². The van der Waals surface area contributed by atoms with E-state index in [9.17, 15) is 5.11 Å². The van der Waals surface area contributed by atoms with Crippen molar-refractivity contribution in [1.29, 1.82) is 0 Å². The maximum Gasteiger partial charge on any atom is 0.115 e. The van der Waals surface area contributed by atoms with Crippen LogP contribution in [0.2, 0.25) is 0 Å². The van der Waals surface area contributed by atoms with Gasteiger partial charge in [-0.2, -0.15) is 0 Å². The molecular weight excluding hydrogens is 224 g/mol. The topological polar surface area (TPSA) is 37.2 Å². The van der Waals surface area contributed by atoms with Crippen LogP contribution >= 0.6 is 0 Å². The molecule has 0 amide bonds. The summed E-state index contributed by atoms with van der Waals surface area (Å²) < 4.78 is 2.14. The number of aromatic nitrogens is 1. The van der Waals surface area contributed by atoms with Gasteiger partial charge in [0.05, 0.1) is 0 Å². The minimum Gasteiger partial charge on any atom is -0.508 e. The van der Waals surface area contributed by atoms with Crippen molar-refractivity contribution in [2.24, 2.45) is 0 Å². The molecule has 18 heavy (non-hydrogen) atoms. The van der Waals surface area contributed by atoms with Gasteiger partial charge >= 0.3 is 0 Å². The number of phenols is 1. The summed E-state index contributed by atoms with van der Waals surface area (Å²) in [6.45, 7) is 4.93. The summed E-state index contributed by atoms with van der Waals surface area (Å²) in [4.78, 5) is 0. The first-order valence-corrected chi connectivity index (χ1v) is 6.41. The van der Waals surface area contributed by atoms with Gasteiger partial charge in [0, 0.05) is 25.5 Å². The van der Waals surface area contributed by atoms with Gasteiger partial charge in [-0.05, 0) is 42.3 Å². The average Bonchev–Trinajstić information content (AvgIpc) is 2.77. The highest BCUT2D eigenvalue weighted by molar-refractivity contribution is 5.27. The maximum atomic E-state index is 9.42. The molecule has 1 heterocycles. The molecule has 1 aromatic heterocycles. The molecule has 0 atom stereocenters. The first-order chi connectivity index (χ1) is 8.78. The lowest BCUT2D eigenvalue weighted by atomic mass is 10.2. The van der Waals surface area contributed by atoms with Crippen molar-refractivity contribution in [3.8, 4) is 5.75 Å². The first-order valence-electron chi connectivity index (χ1n) is 6.41. The Morgan fingerprint density at radius 3 is 2.89 bits per heavy atom. The van der Waals surface area contributed by atoms with Gasteiger partial charge in [0.2, 0.25) is 0 Å². The summed E-state index contributed by atoms with van der Waals surface area (Å²) in [6.07, 6.45) is 5.38. The van der Waals surface area contributed by atoms with E-state index in [0.717, 1.165) is 31.6 Å². The van der Waals surface area contributed by atoms with Gasteiger partial charge in [0.1, 0.15) is 5.75 Å². The van der Waals surface area contributed by atoms with Crippen molar-refractivity contribution >= 4 is 0 Å². The Kier molecular flexibility index (Phi) is 4.42. The third-order valence-electron chi connectivity index (χ3n) is 2.84. The summed E-state index contributed by atoms with van der Waals surface area (Å²) in [5.74, 6) is 0.324. The number of hydrogen-bond acceptors (Lipinski definition) is 2. The normalized spacial score (nSPS) is 10.7. The molecule has 0 aliphatic rings. The molecule has 0 unspecified atom stereocenters. The van der Waals surface area contributed by atoms with Crippen molar-refractivity contribution in [3.05, 3.63) is 53.9 Å². The van der Waals surface area contributed by atoms with Crippen molar-refractivity contribution in [2.45, 2.75) is 26.4 Å². The molecule has 0 aliphatic heterocycles. The number of phenolic OH excluding ortho intramolecular Hbond substituents is 1. The lowest BCUT2D eigenvalue weighted by molar-refractivity contribution is 0.474. The largest absolute Gasteiger partial charge is 0.508 e. The van der Waals surface area contributed by atoms with Crippen molar-refractivity contribution in [2.75, 3.05) is 6.54 Å².